The minimum absolute atomic E-state index is 0.265. The highest BCUT2D eigenvalue weighted by molar-refractivity contribution is 5.81. The molecule has 1 aliphatic rings. The van der Waals surface area contributed by atoms with Gasteiger partial charge in [-0.15, -0.1) is 0 Å². The van der Waals surface area contributed by atoms with E-state index >= 15 is 0 Å². The average molecular weight is 388 g/mol. The standard InChI is InChI=1S/C17H28N2O8/c1-16(2,3)27-15(24)18-12(14(22)23)9-11(13(20)21)10-17(19(25)26)7-5-4-6-8-17/h11-12H,4-10H2,1-3H3,(H,18,24)(H,20,21)(H,22,23). The molecular weight excluding hydrogens is 360 g/mol. The number of hydrogen-bond acceptors (Lipinski definition) is 6. The SMILES string of the molecule is CC(C)(C)OC(=O)NC(CC(CC1([N+](=O)[O-])CCCCC1)C(=O)O)C(=O)O. The van der Waals surface area contributed by atoms with E-state index in [0.717, 1.165) is 6.42 Å². The number of alkyl carbamates (subject to hydrolysis) is 1. The number of nitrogens with one attached hydrogen (secondary N) is 1. The van der Waals surface area contributed by atoms with Gasteiger partial charge in [-0.25, -0.2) is 9.59 Å². The summed E-state index contributed by atoms with van der Waals surface area (Å²) in [5.74, 6) is -4.02. The van der Waals surface area contributed by atoms with Gasteiger partial charge in [0.2, 0.25) is 5.54 Å². The van der Waals surface area contributed by atoms with Crippen LogP contribution in [0.3, 0.4) is 0 Å². The van der Waals surface area contributed by atoms with Crippen LogP contribution in [0.5, 0.6) is 0 Å². The maximum Gasteiger partial charge on any atom is 0.408 e. The minimum atomic E-state index is -1.52. The van der Waals surface area contributed by atoms with Gasteiger partial charge in [-0.2, -0.15) is 0 Å². The summed E-state index contributed by atoms with van der Waals surface area (Å²) >= 11 is 0. The summed E-state index contributed by atoms with van der Waals surface area (Å²) in [5.41, 5.74) is -2.21. The molecule has 0 aromatic rings. The Morgan fingerprint density at radius 3 is 2.11 bits per heavy atom. The zero-order chi connectivity index (χ0) is 20.8. The van der Waals surface area contributed by atoms with Crippen molar-refractivity contribution in [3.05, 3.63) is 10.1 Å². The molecule has 1 aliphatic carbocycles. The molecule has 0 aliphatic heterocycles. The lowest BCUT2D eigenvalue weighted by Gasteiger charge is -2.32. The largest absolute Gasteiger partial charge is 0.481 e. The quantitative estimate of drug-likeness (QED) is 0.423. The van der Waals surface area contributed by atoms with Crippen LogP contribution in [0, 0.1) is 16.0 Å². The molecular formula is C17H28N2O8. The fourth-order valence-electron chi connectivity index (χ4n) is 3.36. The third-order valence-electron chi connectivity index (χ3n) is 4.66. The Morgan fingerprint density at radius 2 is 1.70 bits per heavy atom. The van der Waals surface area contributed by atoms with Crippen LogP contribution in [0.4, 0.5) is 4.79 Å². The van der Waals surface area contributed by atoms with Crippen molar-refractivity contribution in [2.24, 2.45) is 5.92 Å². The summed E-state index contributed by atoms with van der Waals surface area (Å²) in [6, 6.07) is -1.52. The number of carboxylic acid groups (broad SMARTS) is 2. The molecule has 0 saturated heterocycles. The zero-order valence-electron chi connectivity index (χ0n) is 15.9. The number of nitro groups is 1. The Bertz CT molecular complexity index is 578. The molecule has 1 fully saturated rings. The Kier molecular flexibility index (Phi) is 7.55. The van der Waals surface area contributed by atoms with Crippen LogP contribution in [0.2, 0.25) is 0 Å². The van der Waals surface area contributed by atoms with Gasteiger partial charge in [0.25, 0.3) is 0 Å². The molecule has 10 heteroatoms. The third-order valence-corrected chi connectivity index (χ3v) is 4.66. The van der Waals surface area contributed by atoms with Gasteiger partial charge in [-0.1, -0.05) is 6.42 Å². The first-order chi connectivity index (χ1) is 12.4. The maximum absolute atomic E-state index is 11.8. The van der Waals surface area contributed by atoms with Gasteiger partial charge < -0.3 is 20.3 Å². The highest BCUT2D eigenvalue weighted by Crippen LogP contribution is 2.37. The molecule has 0 aromatic heterocycles. The Hall–Kier alpha value is -2.39. The summed E-state index contributed by atoms with van der Waals surface area (Å²) in [4.78, 5) is 46.1. The molecule has 2 atom stereocenters. The van der Waals surface area contributed by atoms with Crippen LogP contribution < -0.4 is 5.32 Å². The van der Waals surface area contributed by atoms with Gasteiger partial charge in [-0.3, -0.25) is 14.9 Å². The fourth-order valence-corrected chi connectivity index (χ4v) is 3.36. The second kappa shape index (κ2) is 9.01. The molecule has 0 spiro atoms. The van der Waals surface area contributed by atoms with E-state index in [9.17, 15) is 34.7 Å². The molecule has 0 radical (unpaired) electrons. The summed E-state index contributed by atoms with van der Waals surface area (Å²) in [7, 11) is 0. The van der Waals surface area contributed by atoms with Crippen molar-refractivity contribution >= 4 is 18.0 Å². The highest BCUT2D eigenvalue weighted by atomic mass is 16.6. The third kappa shape index (κ3) is 7.03. The van der Waals surface area contributed by atoms with E-state index in [1.54, 1.807) is 20.8 Å². The van der Waals surface area contributed by atoms with Gasteiger partial charge in [-0.05, 0) is 40.0 Å². The fraction of sp³-hybridized carbons (Fsp3) is 0.824. The minimum Gasteiger partial charge on any atom is -0.481 e. The van der Waals surface area contributed by atoms with E-state index < -0.39 is 52.5 Å². The van der Waals surface area contributed by atoms with Gasteiger partial charge in [0.1, 0.15) is 11.6 Å². The number of carbonyl (C=O) groups excluding carboxylic acids is 1. The first kappa shape index (κ1) is 22.7. The van der Waals surface area contributed by atoms with Crippen LogP contribution in [0.1, 0.15) is 65.7 Å². The van der Waals surface area contributed by atoms with Gasteiger partial charge in [0.15, 0.2) is 0 Å². The lowest BCUT2D eigenvalue weighted by Crippen LogP contribution is -2.48. The van der Waals surface area contributed by atoms with Crippen LogP contribution >= 0.6 is 0 Å². The van der Waals surface area contributed by atoms with Crippen molar-refractivity contribution in [3.63, 3.8) is 0 Å². The van der Waals surface area contributed by atoms with E-state index in [1.807, 2.05) is 0 Å². The number of hydrogen-bond donors (Lipinski definition) is 3. The van der Waals surface area contributed by atoms with E-state index in [4.69, 9.17) is 4.74 Å². The molecule has 10 nitrogen and oxygen atoms in total. The molecule has 0 bridgehead atoms. The number of ether oxygens (including phenoxy) is 1. The van der Waals surface area contributed by atoms with Crippen LogP contribution in [-0.4, -0.2) is 50.4 Å². The summed E-state index contributed by atoms with van der Waals surface area (Å²) in [5, 5.41) is 32.6. The first-order valence-electron chi connectivity index (χ1n) is 8.96. The zero-order valence-corrected chi connectivity index (χ0v) is 15.9. The maximum atomic E-state index is 11.8. The van der Waals surface area contributed by atoms with Crippen molar-refractivity contribution in [2.75, 3.05) is 0 Å². The molecule has 0 aromatic carbocycles. The Morgan fingerprint density at radius 1 is 1.15 bits per heavy atom. The first-order valence-corrected chi connectivity index (χ1v) is 8.96. The number of rotatable bonds is 8. The normalized spacial score (nSPS) is 18.8. The van der Waals surface area contributed by atoms with Gasteiger partial charge in [0, 0.05) is 24.2 Å². The van der Waals surface area contributed by atoms with Crippen molar-refractivity contribution in [1.82, 2.24) is 5.32 Å². The second-order valence-electron chi connectivity index (χ2n) is 8.05. The van der Waals surface area contributed by atoms with Crippen LogP contribution in [0.25, 0.3) is 0 Å². The lowest BCUT2D eigenvalue weighted by molar-refractivity contribution is -0.577. The molecule has 1 rings (SSSR count). The van der Waals surface area contributed by atoms with Crippen molar-refractivity contribution < 1.29 is 34.3 Å². The number of aliphatic carboxylic acids is 2. The van der Waals surface area contributed by atoms with E-state index in [2.05, 4.69) is 5.32 Å². The van der Waals surface area contributed by atoms with Crippen molar-refractivity contribution in [3.8, 4) is 0 Å². The Labute approximate surface area is 157 Å². The molecule has 2 unspecified atom stereocenters. The predicted octanol–water partition coefficient (Wildman–Crippen LogP) is 2.42. The van der Waals surface area contributed by atoms with Gasteiger partial charge >= 0.3 is 18.0 Å². The number of carbonyl (C=O) groups is 3. The molecule has 1 amide bonds. The summed E-state index contributed by atoms with van der Waals surface area (Å²) < 4.78 is 5.00. The van der Waals surface area contributed by atoms with E-state index in [0.29, 0.717) is 12.8 Å². The topological polar surface area (TPSA) is 156 Å². The van der Waals surface area contributed by atoms with E-state index in [-0.39, 0.29) is 19.3 Å². The monoisotopic (exact) mass is 388 g/mol. The average Bonchev–Trinajstić information content (AvgIpc) is 2.52. The lowest BCUT2D eigenvalue weighted by atomic mass is 9.75. The summed E-state index contributed by atoms with van der Waals surface area (Å²) in [6.45, 7) is 4.81. The molecule has 3 N–H and O–H groups in total. The van der Waals surface area contributed by atoms with Crippen molar-refractivity contribution in [1.29, 1.82) is 0 Å². The molecule has 27 heavy (non-hydrogen) atoms. The second-order valence-corrected chi connectivity index (χ2v) is 8.05. The van der Waals surface area contributed by atoms with Crippen LogP contribution in [-0.2, 0) is 14.3 Å². The Balaban J connectivity index is 2.91. The van der Waals surface area contributed by atoms with Crippen molar-refractivity contribution in [2.45, 2.75) is 82.9 Å². The number of carboxylic acids is 2. The smallest absolute Gasteiger partial charge is 0.408 e. The molecule has 0 heterocycles. The van der Waals surface area contributed by atoms with Crippen LogP contribution in [0.15, 0.2) is 0 Å². The predicted molar refractivity (Wildman–Crippen MR) is 94.0 cm³/mol. The van der Waals surface area contributed by atoms with Gasteiger partial charge in [0.05, 0.1) is 5.92 Å². The number of nitrogens with zero attached hydrogens (tertiary/aromatic N) is 1. The highest BCUT2D eigenvalue weighted by Gasteiger charge is 2.47. The molecule has 154 valence electrons. The summed E-state index contributed by atoms with van der Waals surface area (Å²) in [6.07, 6.45) is 0.931. The molecule has 1 saturated carbocycles. The number of amides is 1. The van der Waals surface area contributed by atoms with E-state index in [1.165, 1.54) is 0 Å².